The molecule has 0 aliphatic rings. The highest BCUT2D eigenvalue weighted by atomic mass is 32.2. The third-order valence-corrected chi connectivity index (χ3v) is 1.98. The van der Waals surface area contributed by atoms with Gasteiger partial charge in [-0.3, -0.25) is 4.79 Å². The minimum Gasteiger partial charge on any atom is -0.481 e. The van der Waals surface area contributed by atoms with Crippen molar-refractivity contribution in [3.8, 4) is 0 Å². The fraction of sp³-hybridized carbons (Fsp3) is 0.857. The van der Waals surface area contributed by atoms with Crippen LogP contribution >= 0.6 is 11.8 Å². The van der Waals surface area contributed by atoms with Crippen LogP contribution in [0.3, 0.4) is 0 Å². The predicted octanol–water partition coefficient (Wildman–Crippen LogP) is 1.85. The number of rotatable bonds is 5. The smallest absolute Gasteiger partial charge is 0.303 e. The van der Waals surface area contributed by atoms with Gasteiger partial charge in [-0.05, 0) is 24.3 Å². The van der Waals surface area contributed by atoms with Crippen molar-refractivity contribution in [3.05, 3.63) is 0 Å². The zero-order valence-electron chi connectivity index (χ0n) is 6.46. The second kappa shape index (κ2) is 5.59. The van der Waals surface area contributed by atoms with Gasteiger partial charge in [0, 0.05) is 6.42 Å². The third-order valence-electron chi connectivity index (χ3n) is 1.34. The van der Waals surface area contributed by atoms with E-state index >= 15 is 0 Å². The van der Waals surface area contributed by atoms with Gasteiger partial charge in [0.25, 0.3) is 0 Å². The van der Waals surface area contributed by atoms with E-state index in [2.05, 4.69) is 0 Å². The van der Waals surface area contributed by atoms with Gasteiger partial charge in [0.15, 0.2) is 0 Å². The van der Waals surface area contributed by atoms with Crippen LogP contribution in [0.2, 0.25) is 0 Å². The molecule has 0 aromatic rings. The average molecular weight is 162 g/mol. The first-order valence-electron chi connectivity index (χ1n) is 3.37. The van der Waals surface area contributed by atoms with E-state index in [4.69, 9.17) is 5.11 Å². The van der Waals surface area contributed by atoms with Gasteiger partial charge >= 0.3 is 5.97 Å². The van der Waals surface area contributed by atoms with E-state index in [1.807, 2.05) is 13.2 Å². The molecule has 1 unspecified atom stereocenters. The van der Waals surface area contributed by atoms with Crippen LogP contribution in [0.5, 0.6) is 0 Å². The van der Waals surface area contributed by atoms with E-state index in [1.54, 1.807) is 11.8 Å². The predicted molar refractivity (Wildman–Crippen MR) is 44.4 cm³/mol. The summed E-state index contributed by atoms with van der Waals surface area (Å²) in [6, 6.07) is 0. The van der Waals surface area contributed by atoms with Crippen molar-refractivity contribution in [1.29, 1.82) is 0 Å². The zero-order valence-corrected chi connectivity index (χ0v) is 7.28. The van der Waals surface area contributed by atoms with Crippen molar-refractivity contribution in [2.75, 3.05) is 12.0 Å². The van der Waals surface area contributed by atoms with Gasteiger partial charge in [0.05, 0.1) is 0 Å². The first-order valence-corrected chi connectivity index (χ1v) is 4.77. The molecule has 0 saturated heterocycles. The summed E-state index contributed by atoms with van der Waals surface area (Å²) in [6.45, 7) is 1.98. The van der Waals surface area contributed by atoms with Crippen molar-refractivity contribution in [2.24, 2.45) is 5.92 Å². The minimum absolute atomic E-state index is 0.306. The van der Waals surface area contributed by atoms with Crippen LogP contribution in [-0.2, 0) is 4.79 Å². The van der Waals surface area contributed by atoms with E-state index in [-0.39, 0.29) is 0 Å². The first kappa shape index (κ1) is 9.82. The Kier molecular flexibility index (Phi) is 5.49. The largest absolute Gasteiger partial charge is 0.481 e. The fourth-order valence-corrected chi connectivity index (χ4v) is 1.36. The maximum atomic E-state index is 10.2. The molecule has 1 N–H and O–H groups in total. The second-order valence-electron chi connectivity index (χ2n) is 2.48. The van der Waals surface area contributed by atoms with Gasteiger partial charge in [-0.25, -0.2) is 0 Å². The molecule has 0 aliphatic carbocycles. The van der Waals surface area contributed by atoms with Crippen LogP contribution in [-0.4, -0.2) is 23.1 Å². The number of carboxylic acid groups (broad SMARTS) is 1. The highest BCUT2D eigenvalue weighted by Gasteiger charge is 2.05. The number of carbonyl (C=O) groups is 1. The van der Waals surface area contributed by atoms with Crippen LogP contribution in [0.1, 0.15) is 19.8 Å². The van der Waals surface area contributed by atoms with Crippen molar-refractivity contribution >= 4 is 17.7 Å². The van der Waals surface area contributed by atoms with Crippen LogP contribution in [0.15, 0.2) is 0 Å². The molecule has 0 saturated carbocycles. The Morgan fingerprint density at radius 2 is 2.30 bits per heavy atom. The molecule has 60 valence electrons. The highest BCUT2D eigenvalue weighted by Crippen LogP contribution is 2.10. The summed E-state index contributed by atoms with van der Waals surface area (Å²) in [5.41, 5.74) is 0. The molecule has 0 bridgehead atoms. The Labute approximate surface area is 66.0 Å². The van der Waals surface area contributed by atoms with Crippen molar-refractivity contribution < 1.29 is 9.90 Å². The van der Waals surface area contributed by atoms with Gasteiger partial charge in [0.2, 0.25) is 0 Å². The Balaban J connectivity index is 3.25. The number of thioether (sulfide) groups is 1. The Morgan fingerprint density at radius 1 is 1.70 bits per heavy atom. The normalized spacial score (nSPS) is 13.0. The van der Waals surface area contributed by atoms with Crippen molar-refractivity contribution in [1.82, 2.24) is 0 Å². The average Bonchev–Trinajstić information content (AvgIpc) is 1.82. The third kappa shape index (κ3) is 5.95. The molecule has 0 radical (unpaired) electrons. The Bertz CT molecular complexity index is 104. The SMILES string of the molecule is CSCCC(C)CC(=O)O. The summed E-state index contributed by atoms with van der Waals surface area (Å²) >= 11 is 1.76. The lowest BCUT2D eigenvalue weighted by atomic mass is 10.1. The second-order valence-corrected chi connectivity index (χ2v) is 3.47. The molecule has 1 atom stereocenters. The zero-order chi connectivity index (χ0) is 7.98. The molecule has 0 aromatic carbocycles. The Morgan fingerprint density at radius 3 is 2.70 bits per heavy atom. The lowest BCUT2D eigenvalue weighted by Gasteiger charge is -2.05. The van der Waals surface area contributed by atoms with Gasteiger partial charge in [-0.1, -0.05) is 6.92 Å². The first-order chi connectivity index (χ1) is 4.66. The number of hydrogen-bond acceptors (Lipinski definition) is 2. The summed E-state index contributed by atoms with van der Waals surface area (Å²) < 4.78 is 0. The summed E-state index contributed by atoms with van der Waals surface area (Å²) in [7, 11) is 0. The molecule has 3 heteroatoms. The molecule has 10 heavy (non-hydrogen) atoms. The minimum atomic E-state index is -0.686. The van der Waals surface area contributed by atoms with Crippen molar-refractivity contribution in [2.45, 2.75) is 19.8 Å². The Hall–Kier alpha value is -0.180. The van der Waals surface area contributed by atoms with E-state index in [9.17, 15) is 4.79 Å². The van der Waals surface area contributed by atoms with E-state index < -0.39 is 5.97 Å². The maximum absolute atomic E-state index is 10.2. The van der Waals surface area contributed by atoms with Crippen molar-refractivity contribution in [3.63, 3.8) is 0 Å². The number of carboxylic acids is 1. The summed E-state index contributed by atoms with van der Waals surface area (Å²) in [6.07, 6.45) is 3.35. The van der Waals surface area contributed by atoms with Gasteiger partial charge in [-0.2, -0.15) is 11.8 Å². The maximum Gasteiger partial charge on any atom is 0.303 e. The van der Waals surface area contributed by atoms with Crippen LogP contribution in [0.25, 0.3) is 0 Å². The van der Waals surface area contributed by atoms with Crippen LogP contribution in [0, 0.1) is 5.92 Å². The molecule has 0 aromatic heterocycles. The molecule has 2 nitrogen and oxygen atoms in total. The summed E-state index contributed by atoms with van der Waals surface area (Å²) in [5, 5.41) is 8.38. The number of hydrogen-bond donors (Lipinski definition) is 1. The van der Waals surface area contributed by atoms with Crippen LogP contribution in [0.4, 0.5) is 0 Å². The number of aliphatic carboxylic acids is 1. The molecule has 0 spiro atoms. The monoisotopic (exact) mass is 162 g/mol. The molecule has 0 amide bonds. The van der Waals surface area contributed by atoms with Gasteiger partial charge in [-0.15, -0.1) is 0 Å². The van der Waals surface area contributed by atoms with E-state index in [0.717, 1.165) is 12.2 Å². The summed E-state index contributed by atoms with van der Waals surface area (Å²) in [5.74, 6) is 0.701. The lowest BCUT2D eigenvalue weighted by Crippen LogP contribution is -2.04. The molecular formula is C7H14O2S. The highest BCUT2D eigenvalue weighted by molar-refractivity contribution is 7.98. The lowest BCUT2D eigenvalue weighted by molar-refractivity contribution is -0.137. The topological polar surface area (TPSA) is 37.3 Å². The fourth-order valence-electron chi connectivity index (χ4n) is 0.719. The standard InChI is InChI=1S/C7H14O2S/c1-6(3-4-10-2)5-7(8)9/h6H,3-5H2,1-2H3,(H,8,9). The van der Waals surface area contributed by atoms with Gasteiger partial charge < -0.3 is 5.11 Å². The van der Waals surface area contributed by atoms with E-state index in [0.29, 0.717) is 12.3 Å². The molecule has 0 rings (SSSR count). The van der Waals surface area contributed by atoms with E-state index in [1.165, 1.54) is 0 Å². The quantitative estimate of drug-likeness (QED) is 0.670. The van der Waals surface area contributed by atoms with Gasteiger partial charge in [0.1, 0.15) is 0 Å². The molecule has 0 aliphatic heterocycles. The summed E-state index contributed by atoms with van der Waals surface area (Å²) in [4.78, 5) is 10.2. The molecular weight excluding hydrogens is 148 g/mol. The molecule has 0 fully saturated rings. The molecule has 0 heterocycles. The van der Waals surface area contributed by atoms with Crippen LogP contribution < -0.4 is 0 Å².